The molecule has 2 heterocycles. The summed E-state index contributed by atoms with van der Waals surface area (Å²) < 4.78 is 31.1. The molecule has 0 aliphatic carbocycles. The average molecular weight is 695 g/mol. The number of ether oxygens (including phenoxy) is 1. The fourth-order valence-corrected chi connectivity index (χ4v) is 7.85. The molecule has 0 saturated carbocycles. The Morgan fingerprint density at radius 1 is 0.808 bits per heavy atom. The van der Waals surface area contributed by atoms with Crippen LogP contribution in [0.1, 0.15) is 29.9 Å². The van der Waals surface area contributed by atoms with Crippen LogP contribution in [0.25, 0.3) is 0 Å². The maximum atomic E-state index is 14.0. The predicted molar refractivity (Wildman–Crippen MR) is 221 cm³/mol. The van der Waals surface area contributed by atoms with Crippen LogP contribution >= 0.6 is 11.6 Å². The van der Waals surface area contributed by atoms with Gasteiger partial charge in [-0.1, -0.05) is 23.7 Å². The lowest BCUT2D eigenvalue weighted by atomic mass is 9.19. The fourth-order valence-electron chi connectivity index (χ4n) is 5.77. The van der Waals surface area contributed by atoms with Gasteiger partial charge >= 0.3 is 0 Å². The van der Waals surface area contributed by atoms with Crippen molar-refractivity contribution in [1.82, 2.24) is 15.3 Å². The van der Waals surface area contributed by atoms with Gasteiger partial charge in [0.1, 0.15) is 18.6 Å². The van der Waals surface area contributed by atoms with E-state index in [4.69, 9.17) is 126 Å². The lowest BCUT2D eigenvalue weighted by Crippen LogP contribution is -2.60. The Morgan fingerprint density at radius 3 is 1.90 bits per heavy atom. The molecule has 2 aromatic carbocycles. The van der Waals surface area contributed by atoms with E-state index in [1.807, 2.05) is 6.92 Å². The lowest BCUT2D eigenvalue weighted by molar-refractivity contribution is 0.159. The number of nitrogens with one attached hydrogen (secondary N) is 3. The van der Waals surface area contributed by atoms with E-state index in [1.165, 1.54) is 30.5 Å². The molecule has 1 aliphatic heterocycles. The number of halogens is 1. The summed E-state index contributed by atoms with van der Waals surface area (Å²) in [6.45, 7) is 3.51. The molecule has 232 valence electrons. The molecule has 28 radical (unpaired) electrons. The van der Waals surface area contributed by atoms with Gasteiger partial charge in [0, 0.05) is 10.1 Å². The van der Waals surface area contributed by atoms with Crippen LogP contribution in [-0.2, 0) is 9.84 Å². The molecule has 3 N–H and O–H groups in total. The van der Waals surface area contributed by atoms with Crippen LogP contribution in [-0.4, -0.2) is 151 Å². The number of sulfone groups is 1. The fraction of sp³-hybridized carbons (Fsp3) is 0.429. The molecule has 3 aromatic rings. The number of rotatable bonds is 13. The number of hydrogen-bond acceptors (Lipinski definition) is 8. The second-order valence-electron chi connectivity index (χ2n) is 13.2. The second-order valence-corrected chi connectivity index (χ2v) is 15.7. The minimum atomic E-state index is -4.93. The largest absolute Gasteiger partial charge is 0.498 e. The second kappa shape index (κ2) is 14.9. The average Bonchev–Trinajstić information content (AvgIpc) is 3.01. The van der Waals surface area contributed by atoms with Crippen molar-refractivity contribution in [2.24, 2.45) is 0 Å². The van der Waals surface area contributed by atoms with Gasteiger partial charge in [-0.2, -0.15) is 4.98 Å². The van der Waals surface area contributed by atoms with Crippen molar-refractivity contribution >= 4 is 154 Å². The number of piperidine rings is 1. The number of benzene rings is 2. The first kappa shape index (κ1) is 42.8. The minimum Gasteiger partial charge on any atom is -0.498 e. The first-order chi connectivity index (χ1) is 23.7. The standard InChI is InChI=1S/C28H22B14ClN5O3S/c1-13-10-18(19(11-15(13)14-6-8-44-9-7-14)51-23(29,25(31,32)33)26(34,35)36)47-22-45-12-16(43)21(48-22)46-17-4-2-3-5-20(17)52(49,50)24(30,27(37,38)39)28(40,41)42/h2-5,10-12,14,44H,6-9H2,1H3,(H2,45,46,47,48). The molecule has 0 bridgehead atoms. The summed E-state index contributed by atoms with van der Waals surface area (Å²) in [4.78, 5) is 8.19. The predicted octanol–water partition coefficient (Wildman–Crippen LogP) is -0.408. The van der Waals surface area contributed by atoms with Gasteiger partial charge in [0.15, 0.2) is 15.7 Å². The zero-order valence-electron chi connectivity index (χ0n) is 28.4. The summed E-state index contributed by atoms with van der Waals surface area (Å²) in [6.07, 6.45) is 2.92. The summed E-state index contributed by atoms with van der Waals surface area (Å²) in [5, 5.41) is -0.972. The molecule has 1 fully saturated rings. The van der Waals surface area contributed by atoms with E-state index < -0.39 is 45.3 Å². The van der Waals surface area contributed by atoms with E-state index >= 15 is 0 Å². The smallest absolute Gasteiger partial charge is 0.229 e. The highest BCUT2D eigenvalue weighted by Crippen LogP contribution is 2.51. The van der Waals surface area contributed by atoms with Gasteiger partial charge in [-0.15, -0.1) is 20.5 Å². The molecule has 4 rings (SSSR count). The van der Waals surface area contributed by atoms with Gasteiger partial charge in [-0.3, -0.25) is 0 Å². The van der Waals surface area contributed by atoms with Gasteiger partial charge in [0.05, 0.1) is 124 Å². The lowest BCUT2D eigenvalue weighted by Gasteiger charge is -2.54. The Balaban J connectivity index is 1.81. The number of para-hydroxylation sites is 1. The highest BCUT2D eigenvalue weighted by Gasteiger charge is 2.54. The van der Waals surface area contributed by atoms with Gasteiger partial charge in [0.25, 0.3) is 0 Å². The quantitative estimate of drug-likeness (QED) is 0.208. The Hall–Kier alpha value is -1.97. The summed E-state index contributed by atoms with van der Waals surface area (Å²) >= 11 is 6.46. The van der Waals surface area contributed by atoms with E-state index in [2.05, 4.69) is 25.9 Å². The topological polar surface area (TPSA) is 105 Å². The van der Waals surface area contributed by atoms with Crippen molar-refractivity contribution in [1.29, 1.82) is 0 Å². The Bertz CT molecular complexity index is 1870. The molecule has 1 saturated heterocycles. The van der Waals surface area contributed by atoms with E-state index in [9.17, 15) is 8.42 Å². The Labute approximate surface area is 330 Å². The molecule has 8 nitrogen and oxygen atoms in total. The zero-order valence-corrected chi connectivity index (χ0v) is 30.0. The normalized spacial score (nSPS) is 15.5. The van der Waals surface area contributed by atoms with Crippen LogP contribution in [0.5, 0.6) is 5.75 Å². The first-order valence-electron chi connectivity index (χ1n) is 15.6. The number of aryl methyl sites for hydroxylation is 1. The highest BCUT2D eigenvalue weighted by molar-refractivity contribution is 7.95. The summed E-state index contributed by atoms with van der Waals surface area (Å²) in [7, 11) is 78.2. The van der Waals surface area contributed by atoms with Crippen LogP contribution in [0.15, 0.2) is 47.5 Å². The van der Waals surface area contributed by atoms with Crippen LogP contribution in [0, 0.1) is 6.92 Å². The molecular formula is C28H22B14ClN5O3S. The highest BCUT2D eigenvalue weighted by atomic mass is 35.5. The van der Waals surface area contributed by atoms with E-state index in [0.29, 0.717) is 0 Å². The third-order valence-corrected chi connectivity index (χ3v) is 11.6. The molecule has 0 spiro atoms. The van der Waals surface area contributed by atoms with Crippen LogP contribution < -0.4 is 20.7 Å². The minimum absolute atomic E-state index is 0.0401. The van der Waals surface area contributed by atoms with Crippen molar-refractivity contribution in [2.45, 2.75) is 61.2 Å². The summed E-state index contributed by atoms with van der Waals surface area (Å²) in [6, 6.07) is 8.88. The molecule has 0 unspecified atom stereocenters. The monoisotopic (exact) mass is 697 g/mol. The number of nitrogens with zero attached hydrogens (tertiary/aromatic N) is 2. The molecule has 1 aliphatic rings. The van der Waals surface area contributed by atoms with E-state index in [1.54, 1.807) is 12.1 Å². The van der Waals surface area contributed by atoms with E-state index in [-0.39, 0.29) is 39.8 Å². The van der Waals surface area contributed by atoms with Crippen molar-refractivity contribution in [3.05, 3.63) is 58.7 Å². The van der Waals surface area contributed by atoms with Gasteiger partial charge in [-0.05, 0) is 74.2 Å². The zero-order chi connectivity index (χ0) is 39.3. The number of aromatic nitrogens is 2. The number of anilines is 4. The van der Waals surface area contributed by atoms with E-state index in [0.717, 1.165) is 37.1 Å². The molecule has 52 heavy (non-hydrogen) atoms. The van der Waals surface area contributed by atoms with Gasteiger partial charge < -0.3 is 20.7 Å². The van der Waals surface area contributed by atoms with Crippen molar-refractivity contribution in [3.63, 3.8) is 0 Å². The SMILES string of the molecule is [B]C([B])([B])C([B])(Oc1cc(C2CCNCC2)c(C)cc1Nc1ncc(Cl)c(Nc2ccccc2S(=O)(=O)C([B])(C([B])([B])[B])C([B])([B])[B])n1)C([B])([B])[B]. The van der Waals surface area contributed by atoms with Crippen LogP contribution in [0.4, 0.5) is 23.1 Å². The molecule has 0 atom stereocenters. The number of hydrogen-bond donors (Lipinski definition) is 3. The summed E-state index contributed by atoms with van der Waals surface area (Å²) in [5.74, 6) is 0.0379. The molecule has 0 amide bonds. The van der Waals surface area contributed by atoms with Crippen molar-refractivity contribution < 1.29 is 13.2 Å². The van der Waals surface area contributed by atoms with Crippen molar-refractivity contribution in [3.8, 4) is 5.75 Å². The molecular weight excluding hydrogens is 673 g/mol. The van der Waals surface area contributed by atoms with Gasteiger partial charge in [0.2, 0.25) is 5.95 Å². The maximum Gasteiger partial charge on any atom is 0.229 e. The molecule has 1 aromatic heterocycles. The summed E-state index contributed by atoms with van der Waals surface area (Å²) in [5.41, 5.74) is -0.532. The third-order valence-electron chi connectivity index (χ3n) is 8.84. The van der Waals surface area contributed by atoms with Crippen LogP contribution in [0.3, 0.4) is 0 Å². The Morgan fingerprint density at radius 2 is 1.37 bits per heavy atom. The van der Waals surface area contributed by atoms with Crippen LogP contribution in [0.2, 0.25) is 25.5 Å². The molecule has 24 heteroatoms. The first-order valence-corrected chi connectivity index (χ1v) is 17.5. The maximum absolute atomic E-state index is 14.0. The van der Waals surface area contributed by atoms with Gasteiger partial charge in [-0.25, -0.2) is 13.4 Å². The van der Waals surface area contributed by atoms with Crippen molar-refractivity contribution in [2.75, 3.05) is 23.7 Å². The Kier molecular flexibility index (Phi) is 12.3. The third kappa shape index (κ3) is 8.17.